The molecule has 2 heterocycles. The fourth-order valence-electron chi connectivity index (χ4n) is 4.57. The Labute approximate surface area is 190 Å². The lowest BCUT2D eigenvalue weighted by Crippen LogP contribution is -2.42. The molecule has 8 heteroatoms. The van der Waals surface area contributed by atoms with E-state index in [1.807, 2.05) is 24.0 Å². The second-order valence-corrected chi connectivity index (χ2v) is 10.3. The van der Waals surface area contributed by atoms with Crippen molar-refractivity contribution >= 4 is 21.6 Å². The van der Waals surface area contributed by atoms with Crippen LogP contribution in [0, 0.1) is 6.92 Å². The average Bonchev–Trinajstić information content (AvgIpc) is 3.47. The van der Waals surface area contributed by atoms with Crippen molar-refractivity contribution in [2.75, 3.05) is 38.0 Å². The molecule has 1 unspecified atom stereocenters. The molecule has 1 amide bonds. The lowest BCUT2D eigenvalue weighted by Gasteiger charge is -2.28. The van der Waals surface area contributed by atoms with Gasteiger partial charge in [0, 0.05) is 30.4 Å². The predicted molar refractivity (Wildman–Crippen MR) is 125 cm³/mol. The molecule has 32 heavy (non-hydrogen) atoms. The highest BCUT2D eigenvalue weighted by molar-refractivity contribution is 7.92. The normalized spacial score (nSPS) is 19.3. The highest BCUT2D eigenvalue weighted by atomic mass is 32.2. The van der Waals surface area contributed by atoms with Crippen LogP contribution in [0.5, 0.6) is 5.75 Å². The molecule has 0 radical (unpaired) electrons. The van der Waals surface area contributed by atoms with Gasteiger partial charge in [0.1, 0.15) is 10.6 Å². The first-order valence-corrected chi connectivity index (χ1v) is 12.7. The summed E-state index contributed by atoms with van der Waals surface area (Å²) in [6.07, 6.45) is 4.39. The van der Waals surface area contributed by atoms with Gasteiger partial charge in [-0.1, -0.05) is 17.7 Å². The van der Waals surface area contributed by atoms with Crippen molar-refractivity contribution in [3.05, 3.63) is 53.6 Å². The molecule has 0 saturated carbocycles. The minimum absolute atomic E-state index is 0.0401. The van der Waals surface area contributed by atoms with Crippen molar-refractivity contribution in [2.24, 2.45) is 0 Å². The van der Waals surface area contributed by atoms with Gasteiger partial charge in [-0.25, -0.2) is 8.42 Å². The molecular weight excluding hydrogens is 426 g/mol. The van der Waals surface area contributed by atoms with Crippen molar-refractivity contribution in [3.63, 3.8) is 0 Å². The molecule has 172 valence electrons. The van der Waals surface area contributed by atoms with Crippen LogP contribution in [0.25, 0.3) is 0 Å². The number of ether oxygens (including phenoxy) is 1. The van der Waals surface area contributed by atoms with Crippen LogP contribution in [0.15, 0.2) is 47.4 Å². The van der Waals surface area contributed by atoms with Crippen LogP contribution in [0.3, 0.4) is 0 Å². The van der Waals surface area contributed by atoms with E-state index < -0.39 is 10.0 Å². The van der Waals surface area contributed by atoms with Crippen molar-refractivity contribution in [3.8, 4) is 5.75 Å². The van der Waals surface area contributed by atoms with Gasteiger partial charge < -0.3 is 14.5 Å². The Kier molecular flexibility index (Phi) is 6.71. The van der Waals surface area contributed by atoms with Gasteiger partial charge in [0.25, 0.3) is 15.9 Å². The lowest BCUT2D eigenvalue weighted by molar-refractivity contribution is 0.0708. The van der Waals surface area contributed by atoms with Crippen molar-refractivity contribution in [1.29, 1.82) is 0 Å². The third-order valence-corrected chi connectivity index (χ3v) is 7.71. The molecule has 0 bridgehead atoms. The van der Waals surface area contributed by atoms with E-state index in [-0.39, 0.29) is 22.6 Å². The highest BCUT2D eigenvalue weighted by Gasteiger charge is 2.32. The Hall–Kier alpha value is -2.58. The average molecular weight is 458 g/mol. The summed E-state index contributed by atoms with van der Waals surface area (Å²) < 4.78 is 34.2. The molecule has 2 aliphatic heterocycles. The van der Waals surface area contributed by atoms with E-state index in [0.29, 0.717) is 17.8 Å². The molecule has 2 aliphatic rings. The van der Waals surface area contributed by atoms with E-state index in [9.17, 15) is 13.2 Å². The molecule has 2 aromatic rings. The number of methoxy groups -OCH3 is 1. The SMILES string of the molecule is COc1ccc(C(=O)N2CCCC2CN2CCCC2)cc1S(=O)(=O)Nc1ccc(C)cc1. The number of carbonyl (C=O) groups excluding carboxylic acids is 1. The molecule has 2 saturated heterocycles. The lowest BCUT2D eigenvalue weighted by atomic mass is 10.1. The smallest absolute Gasteiger partial charge is 0.265 e. The standard InChI is InChI=1S/C24H31N3O4S/c1-18-7-10-20(11-8-18)25-32(29,30)23-16-19(9-12-22(23)31-2)24(28)27-15-5-6-21(27)17-26-13-3-4-14-26/h7-12,16,21,25H,3-6,13-15,17H2,1-2H3. The third kappa shape index (κ3) is 4.91. The summed E-state index contributed by atoms with van der Waals surface area (Å²) in [7, 11) is -2.51. The first kappa shape index (κ1) is 22.6. The van der Waals surface area contributed by atoms with E-state index in [0.717, 1.165) is 38.0 Å². The largest absolute Gasteiger partial charge is 0.495 e. The number of nitrogens with one attached hydrogen (secondary N) is 1. The molecule has 7 nitrogen and oxygen atoms in total. The molecule has 1 N–H and O–H groups in total. The van der Waals surface area contributed by atoms with Gasteiger partial charge in [0.05, 0.1) is 7.11 Å². The second-order valence-electron chi connectivity index (χ2n) is 8.64. The molecule has 0 aliphatic carbocycles. The van der Waals surface area contributed by atoms with E-state index in [1.165, 1.54) is 26.0 Å². The predicted octanol–water partition coefficient (Wildman–Crippen LogP) is 3.50. The van der Waals surface area contributed by atoms with Crippen molar-refractivity contribution < 1.29 is 17.9 Å². The topological polar surface area (TPSA) is 79.0 Å². The molecule has 2 aromatic carbocycles. The minimum Gasteiger partial charge on any atom is -0.495 e. The summed E-state index contributed by atoms with van der Waals surface area (Å²) in [4.78, 5) is 17.6. The first-order chi connectivity index (χ1) is 15.4. The number of benzene rings is 2. The number of carbonyl (C=O) groups is 1. The van der Waals surface area contributed by atoms with E-state index >= 15 is 0 Å². The Bertz CT molecular complexity index is 1060. The van der Waals surface area contributed by atoms with Crippen LogP contribution < -0.4 is 9.46 Å². The van der Waals surface area contributed by atoms with Crippen LogP contribution in [0.1, 0.15) is 41.6 Å². The summed E-state index contributed by atoms with van der Waals surface area (Å²) in [5.41, 5.74) is 1.86. The van der Waals surface area contributed by atoms with Crippen LogP contribution in [-0.2, 0) is 10.0 Å². The Morgan fingerprint density at radius 3 is 2.47 bits per heavy atom. The van der Waals surface area contributed by atoms with Crippen molar-refractivity contribution in [1.82, 2.24) is 9.80 Å². The monoisotopic (exact) mass is 457 g/mol. The number of rotatable bonds is 7. The van der Waals surface area contributed by atoms with Gasteiger partial charge in [-0.3, -0.25) is 9.52 Å². The zero-order valence-electron chi connectivity index (χ0n) is 18.7. The summed E-state index contributed by atoms with van der Waals surface area (Å²) in [5.74, 6) is 0.0809. The zero-order chi connectivity index (χ0) is 22.7. The maximum absolute atomic E-state index is 13.4. The van der Waals surface area contributed by atoms with Crippen LogP contribution in [-0.4, -0.2) is 63.5 Å². The number of nitrogens with zero attached hydrogens (tertiary/aromatic N) is 2. The molecule has 4 rings (SSSR count). The van der Waals surface area contributed by atoms with E-state index in [4.69, 9.17) is 4.74 Å². The fourth-order valence-corrected chi connectivity index (χ4v) is 5.83. The van der Waals surface area contributed by atoms with Gasteiger partial charge in [0.15, 0.2) is 0 Å². The first-order valence-electron chi connectivity index (χ1n) is 11.2. The maximum Gasteiger partial charge on any atom is 0.265 e. The van der Waals surface area contributed by atoms with Crippen LogP contribution >= 0.6 is 0 Å². The number of anilines is 1. The number of sulfonamides is 1. The molecule has 1 atom stereocenters. The summed E-state index contributed by atoms with van der Waals surface area (Å²) in [6.45, 7) is 5.71. The Morgan fingerprint density at radius 2 is 1.78 bits per heavy atom. The van der Waals surface area contributed by atoms with Crippen molar-refractivity contribution in [2.45, 2.75) is 43.5 Å². The van der Waals surface area contributed by atoms with Crippen LogP contribution in [0.2, 0.25) is 0 Å². The third-order valence-electron chi connectivity index (χ3n) is 6.31. The fraction of sp³-hybridized carbons (Fsp3) is 0.458. The summed E-state index contributed by atoms with van der Waals surface area (Å²) in [6, 6.07) is 11.9. The highest BCUT2D eigenvalue weighted by Crippen LogP contribution is 2.29. The molecule has 0 aromatic heterocycles. The number of hydrogen-bond acceptors (Lipinski definition) is 5. The minimum atomic E-state index is -3.93. The van der Waals surface area contributed by atoms with Gasteiger partial charge in [-0.2, -0.15) is 0 Å². The number of aryl methyl sites for hydroxylation is 1. The van der Waals surface area contributed by atoms with E-state index in [2.05, 4.69) is 9.62 Å². The zero-order valence-corrected chi connectivity index (χ0v) is 19.5. The summed E-state index contributed by atoms with van der Waals surface area (Å²) in [5, 5.41) is 0. The molecular formula is C24H31N3O4S. The van der Waals surface area contributed by atoms with E-state index in [1.54, 1.807) is 24.3 Å². The van der Waals surface area contributed by atoms with Gasteiger partial charge in [-0.05, 0) is 76.0 Å². The maximum atomic E-state index is 13.4. The van der Waals surface area contributed by atoms with Gasteiger partial charge in [0.2, 0.25) is 0 Å². The molecule has 2 fully saturated rings. The number of likely N-dealkylation sites (tertiary alicyclic amines) is 2. The second kappa shape index (κ2) is 9.50. The Balaban J connectivity index is 1.58. The number of hydrogen-bond donors (Lipinski definition) is 1. The quantitative estimate of drug-likeness (QED) is 0.688. The van der Waals surface area contributed by atoms with Gasteiger partial charge in [-0.15, -0.1) is 0 Å². The number of amides is 1. The summed E-state index contributed by atoms with van der Waals surface area (Å²) >= 11 is 0. The Morgan fingerprint density at radius 1 is 1.06 bits per heavy atom. The molecule has 0 spiro atoms. The van der Waals surface area contributed by atoms with Gasteiger partial charge >= 0.3 is 0 Å². The van der Waals surface area contributed by atoms with Crippen LogP contribution in [0.4, 0.5) is 5.69 Å².